The molecule has 5 rings (SSSR count). The van der Waals surface area contributed by atoms with Gasteiger partial charge in [0.15, 0.2) is 0 Å². The van der Waals surface area contributed by atoms with Crippen molar-refractivity contribution in [3.8, 4) is 0 Å². The minimum Gasteiger partial charge on any atom is -0.481 e. The normalized spacial score (nSPS) is 30.2. The first-order valence-electron chi connectivity index (χ1n) is 12.8. The molecule has 2 N–H and O–H groups in total. The maximum Gasteiger partial charge on any atom is 0.310 e. The topological polar surface area (TPSA) is 107 Å². The number of benzene rings is 2. The van der Waals surface area contributed by atoms with E-state index in [1.807, 2.05) is 60.7 Å². The van der Waals surface area contributed by atoms with Crippen molar-refractivity contribution in [2.75, 3.05) is 13.2 Å². The molecule has 3 aliphatic heterocycles. The summed E-state index contributed by atoms with van der Waals surface area (Å²) in [5.74, 6) is -4.02. The lowest BCUT2D eigenvalue weighted by Gasteiger charge is -2.39. The van der Waals surface area contributed by atoms with E-state index in [9.17, 15) is 24.6 Å². The third kappa shape index (κ3) is 4.36. The van der Waals surface area contributed by atoms with Crippen LogP contribution >= 0.6 is 15.9 Å². The predicted octanol–water partition coefficient (Wildman–Crippen LogP) is 2.64. The Bertz CT molecular complexity index is 1210. The monoisotopic (exact) mass is 582 g/mol. The number of hydrogen-bond acceptors (Lipinski definition) is 5. The molecular formula is C29H31BrN2O6. The number of carbonyl (C=O) groups is 3. The summed E-state index contributed by atoms with van der Waals surface area (Å²) in [6.45, 7) is 3.96. The number of carboxylic acids is 1. The number of carboxylic acid groups (broad SMARTS) is 1. The Hall–Kier alpha value is -3.01. The molecule has 2 aromatic rings. The van der Waals surface area contributed by atoms with Crippen LogP contribution in [0.4, 0.5) is 0 Å². The minimum absolute atomic E-state index is 0.235. The fraction of sp³-hybridized carbons (Fsp3) is 0.414. The maximum atomic E-state index is 14.4. The van der Waals surface area contributed by atoms with Crippen molar-refractivity contribution in [2.45, 2.75) is 48.0 Å². The van der Waals surface area contributed by atoms with Crippen LogP contribution in [0.15, 0.2) is 73.3 Å². The summed E-state index contributed by atoms with van der Waals surface area (Å²) in [6, 6.07) is 17.1. The molecule has 3 aliphatic rings. The molecule has 0 aliphatic carbocycles. The predicted molar refractivity (Wildman–Crippen MR) is 143 cm³/mol. The SMILES string of the molecule is C=CCN(Cc1ccccc1)C(=O)C1N([C@@H](CO)Cc2ccccc2)C(=O)[C@@H]2[C@@H](C(=O)O)[C@@H]3OC12CC3Br. The van der Waals surface area contributed by atoms with Crippen molar-refractivity contribution < 1.29 is 29.3 Å². The van der Waals surface area contributed by atoms with E-state index in [2.05, 4.69) is 22.5 Å². The second-order valence-electron chi connectivity index (χ2n) is 10.3. The summed E-state index contributed by atoms with van der Waals surface area (Å²) < 4.78 is 6.38. The summed E-state index contributed by atoms with van der Waals surface area (Å²) in [5, 5.41) is 20.6. The van der Waals surface area contributed by atoms with E-state index in [1.54, 1.807) is 11.0 Å². The van der Waals surface area contributed by atoms with Gasteiger partial charge in [0.1, 0.15) is 11.6 Å². The molecule has 2 amide bonds. The number of halogens is 1. The van der Waals surface area contributed by atoms with Crippen molar-refractivity contribution in [1.82, 2.24) is 9.80 Å². The number of rotatable bonds is 10. The number of fused-ring (bicyclic) bond motifs is 1. The van der Waals surface area contributed by atoms with E-state index in [4.69, 9.17) is 4.74 Å². The molecule has 2 aromatic carbocycles. The number of hydrogen-bond donors (Lipinski definition) is 2. The average molecular weight is 583 g/mol. The van der Waals surface area contributed by atoms with Crippen LogP contribution in [0.25, 0.3) is 0 Å². The lowest BCUT2D eigenvalue weighted by Crippen LogP contribution is -2.59. The third-order valence-electron chi connectivity index (χ3n) is 8.04. The Labute approximate surface area is 230 Å². The fourth-order valence-electron chi connectivity index (χ4n) is 6.52. The fourth-order valence-corrected chi connectivity index (χ4v) is 7.47. The maximum absolute atomic E-state index is 14.4. The second-order valence-corrected chi connectivity index (χ2v) is 11.4. The van der Waals surface area contributed by atoms with Gasteiger partial charge in [-0.1, -0.05) is 82.7 Å². The van der Waals surface area contributed by atoms with E-state index in [-0.39, 0.29) is 30.4 Å². The van der Waals surface area contributed by atoms with Crippen molar-refractivity contribution >= 4 is 33.7 Å². The van der Waals surface area contributed by atoms with Gasteiger partial charge in [0.2, 0.25) is 11.8 Å². The van der Waals surface area contributed by atoms with Gasteiger partial charge in [0.25, 0.3) is 0 Å². The number of aliphatic carboxylic acids is 1. The number of alkyl halides is 1. The summed E-state index contributed by atoms with van der Waals surface area (Å²) >= 11 is 3.57. The zero-order chi connectivity index (χ0) is 27.0. The van der Waals surface area contributed by atoms with Crippen LogP contribution in [0.5, 0.6) is 0 Å². The Morgan fingerprint density at radius 2 is 1.79 bits per heavy atom. The van der Waals surface area contributed by atoms with E-state index >= 15 is 0 Å². The summed E-state index contributed by atoms with van der Waals surface area (Å²) in [7, 11) is 0. The molecule has 2 bridgehead atoms. The van der Waals surface area contributed by atoms with Crippen LogP contribution in [0, 0.1) is 11.8 Å². The summed E-state index contributed by atoms with van der Waals surface area (Å²) in [6.07, 6.45) is 1.55. The molecule has 38 heavy (non-hydrogen) atoms. The number of ether oxygens (including phenoxy) is 1. The molecule has 9 heteroatoms. The number of carbonyl (C=O) groups excluding carboxylic acids is 2. The largest absolute Gasteiger partial charge is 0.481 e. The molecule has 3 saturated heterocycles. The smallest absolute Gasteiger partial charge is 0.310 e. The molecule has 0 saturated carbocycles. The lowest BCUT2D eigenvalue weighted by atomic mass is 9.70. The van der Waals surface area contributed by atoms with Crippen LogP contribution in [0.2, 0.25) is 0 Å². The molecule has 8 nitrogen and oxygen atoms in total. The molecule has 0 aromatic heterocycles. The summed E-state index contributed by atoms with van der Waals surface area (Å²) in [5.41, 5.74) is 0.496. The van der Waals surface area contributed by atoms with Gasteiger partial charge < -0.3 is 24.7 Å². The van der Waals surface area contributed by atoms with Crippen molar-refractivity contribution in [3.63, 3.8) is 0 Å². The quantitative estimate of drug-likeness (QED) is 0.329. The van der Waals surface area contributed by atoms with Gasteiger partial charge in [-0.15, -0.1) is 6.58 Å². The highest BCUT2D eigenvalue weighted by Gasteiger charge is 2.77. The van der Waals surface area contributed by atoms with E-state index in [1.165, 1.54) is 4.90 Å². The Balaban J connectivity index is 1.58. The van der Waals surface area contributed by atoms with Crippen LogP contribution in [-0.2, 0) is 32.1 Å². The third-order valence-corrected chi connectivity index (χ3v) is 8.89. The average Bonchev–Trinajstić information content (AvgIpc) is 3.51. The van der Waals surface area contributed by atoms with Crippen molar-refractivity contribution in [2.24, 2.45) is 11.8 Å². The van der Waals surface area contributed by atoms with E-state index in [0.717, 1.165) is 11.1 Å². The number of aliphatic hydroxyl groups excluding tert-OH is 1. The van der Waals surface area contributed by atoms with Crippen molar-refractivity contribution in [3.05, 3.63) is 84.4 Å². The molecule has 200 valence electrons. The highest BCUT2D eigenvalue weighted by molar-refractivity contribution is 9.09. The zero-order valence-electron chi connectivity index (χ0n) is 20.9. The number of aliphatic hydroxyl groups is 1. The van der Waals surface area contributed by atoms with E-state index < -0.39 is 47.5 Å². The van der Waals surface area contributed by atoms with Gasteiger partial charge >= 0.3 is 5.97 Å². The van der Waals surface area contributed by atoms with Crippen LogP contribution in [0.1, 0.15) is 17.5 Å². The van der Waals surface area contributed by atoms with E-state index in [0.29, 0.717) is 12.8 Å². The Kier molecular flexibility index (Phi) is 7.44. The molecule has 0 radical (unpaired) electrons. The number of nitrogens with zero attached hydrogens (tertiary/aromatic N) is 2. The second kappa shape index (κ2) is 10.6. The van der Waals surface area contributed by atoms with Gasteiger partial charge in [0, 0.05) is 17.9 Å². The minimum atomic E-state index is -1.31. The molecule has 3 unspecified atom stereocenters. The molecular weight excluding hydrogens is 552 g/mol. The molecule has 7 atom stereocenters. The van der Waals surface area contributed by atoms with Crippen LogP contribution < -0.4 is 0 Å². The van der Waals surface area contributed by atoms with Gasteiger partial charge in [-0.2, -0.15) is 0 Å². The molecule has 3 fully saturated rings. The lowest BCUT2D eigenvalue weighted by molar-refractivity contribution is -0.153. The number of amides is 2. The van der Waals surface area contributed by atoms with Gasteiger partial charge in [-0.25, -0.2) is 0 Å². The van der Waals surface area contributed by atoms with Gasteiger partial charge in [-0.3, -0.25) is 14.4 Å². The Morgan fingerprint density at radius 3 is 2.37 bits per heavy atom. The summed E-state index contributed by atoms with van der Waals surface area (Å²) in [4.78, 5) is 43.7. The zero-order valence-corrected chi connectivity index (χ0v) is 22.4. The highest BCUT2D eigenvalue weighted by Crippen LogP contribution is 2.60. The van der Waals surface area contributed by atoms with Gasteiger partial charge in [-0.05, 0) is 24.0 Å². The molecule has 3 heterocycles. The van der Waals surface area contributed by atoms with Crippen LogP contribution in [0.3, 0.4) is 0 Å². The van der Waals surface area contributed by atoms with Crippen molar-refractivity contribution in [1.29, 1.82) is 0 Å². The highest BCUT2D eigenvalue weighted by atomic mass is 79.9. The van der Waals surface area contributed by atoms with Gasteiger partial charge in [0.05, 0.1) is 30.6 Å². The first kappa shape index (κ1) is 26.6. The van der Waals surface area contributed by atoms with Crippen LogP contribution in [-0.4, -0.2) is 79.6 Å². The number of likely N-dealkylation sites (tertiary alicyclic amines) is 1. The molecule has 1 spiro atoms. The first-order chi connectivity index (χ1) is 18.3. The standard InChI is InChI=1S/C29H31BrN2O6/c1-2-13-31(16-19-11-7-4-8-12-19)27(35)25-29-15-21(30)24(38-29)22(28(36)37)23(29)26(34)32(25)20(17-33)14-18-9-5-3-6-10-18/h2-12,20-25,33H,1,13-17H2,(H,36,37)/t20-,21?,22-,23+,24-,25?,29?/m1/s1. The first-order valence-corrected chi connectivity index (χ1v) is 13.7. The Morgan fingerprint density at radius 1 is 1.16 bits per heavy atom.